The standard InChI is InChI=1S/C16H17N3S/c1-3-19(4-2)16-17-10-13(11-18-16)15-9-12-7-5-6-8-14(12)20-15/h5-11H,3-4H2,1-2H3. The molecule has 0 N–H and O–H groups in total. The summed E-state index contributed by atoms with van der Waals surface area (Å²) in [5, 5.41) is 1.28. The molecule has 0 radical (unpaired) electrons. The van der Waals surface area contributed by atoms with E-state index < -0.39 is 0 Å². The Morgan fingerprint density at radius 3 is 2.40 bits per heavy atom. The van der Waals surface area contributed by atoms with Gasteiger partial charge in [0.2, 0.25) is 5.95 Å². The van der Waals surface area contributed by atoms with Gasteiger partial charge in [-0.2, -0.15) is 0 Å². The molecule has 0 aliphatic heterocycles. The number of benzene rings is 1. The van der Waals surface area contributed by atoms with Crippen LogP contribution in [0.25, 0.3) is 20.5 Å². The van der Waals surface area contributed by atoms with Gasteiger partial charge < -0.3 is 4.90 Å². The summed E-state index contributed by atoms with van der Waals surface area (Å²) in [6, 6.07) is 10.6. The summed E-state index contributed by atoms with van der Waals surface area (Å²) < 4.78 is 1.30. The molecule has 0 aliphatic carbocycles. The first-order valence-electron chi connectivity index (χ1n) is 6.87. The van der Waals surface area contributed by atoms with Crippen molar-refractivity contribution in [3.63, 3.8) is 0 Å². The maximum Gasteiger partial charge on any atom is 0.225 e. The Morgan fingerprint density at radius 2 is 1.75 bits per heavy atom. The molecular weight excluding hydrogens is 266 g/mol. The lowest BCUT2D eigenvalue weighted by Crippen LogP contribution is -2.23. The largest absolute Gasteiger partial charge is 0.341 e. The van der Waals surface area contributed by atoms with Crippen molar-refractivity contribution >= 4 is 27.4 Å². The molecular formula is C16H17N3S. The lowest BCUT2D eigenvalue weighted by Gasteiger charge is -2.17. The van der Waals surface area contributed by atoms with Gasteiger partial charge in [0.15, 0.2) is 0 Å². The molecule has 0 bridgehead atoms. The summed E-state index contributed by atoms with van der Waals surface area (Å²) in [4.78, 5) is 12.3. The number of hydrogen-bond donors (Lipinski definition) is 0. The summed E-state index contributed by atoms with van der Waals surface area (Å²) in [7, 11) is 0. The van der Waals surface area contributed by atoms with Crippen molar-refractivity contribution < 1.29 is 0 Å². The van der Waals surface area contributed by atoms with E-state index in [9.17, 15) is 0 Å². The van der Waals surface area contributed by atoms with Gasteiger partial charge in [-0.15, -0.1) is 11.3 Å². The monoisotopic (exact) mass is 283 g/mol. The summed E-state index contributed by atoms with van der Waals surface area (Å²) in [6.07, 6.45) is 3.84. The Kier molecular flexibility index (Phi) is 3.65. The first kappa shape index (κ1) is 13.1. The topological polar surface area (TPSA) is 29.0 Å². The molecule has 0 saturated heterocycles. The highest BCUT2D eigenvalue weighted by Crippen LogP contribution is 2.32. The Hall–Kier alpha value is -1.94. The van der Waals surface area contributed by atoms with E-state index in [0.29, 0.717) is 0 Å². The van der Waals surface area contributed by atoms with Crippen LogP contribution in [0, 0.1) is 0 Å². The minimum atomic E-state index is 0.805. The van der Waals surface area contributed by atoms with Gasteiger partial charge >= 0.3 is 0 Å². The van der Waals surface area contributed by atoms with Gasteiger partial charge in [0, 0.05) is 40.6 Å². The first-order valence-corrected chi connectivity index (χ1v) is 7.69. The van der Waals surface area contributed by atoms with Crippen LogP contribution in [-0.4, -0.2) is 23.1 Å². The lowest BCUT2D eigenvalue weighted by molar-refractivity contribution is 0.821. The van der Waals surface area contributed by atoms with Crippen LogP contribution in [0.1, 0.15) is 13.8 Å². The second kappa shape index (κ2) is 5.59. The predicted molar refractivity (Wildman–Crippen MR) is 86.4 cm³/mol. The molecule has 0 aliphatic rings. The molecule has 3 aromatic rings. The fourth-order valence-corrected chi connectivity index (χ4v) is 3.28. The summed E-state index contributed by atoms with van der Waals surface area (Å²) in [6.45, 7) is 6.09. The number of thiophene rings is 1. The van der Waals surface area contributed by atoms with Crippen LogP contribution in [-0.2, 0) is 0 Å². The Labute approximate surface area is 122 Å². The predicted octanol–water partition coefficient (Wildman–Crippen LogP) is 4.20. The fourth-order valence-electron chi connectivity index (χ4n) is 2.24. The molecule has 0 fully saturated rings. The summed E-state index contributed by atoms with van der Waals surface area (Å²) in [5.74, 6) is 0.805. The molecule has 102 valence electrons. The molecule has 0 atom stereocenters. The number of fused-ring (bicyclic) bond motifs is 1. The molecule has 0 saturated carbocycles. The number of aromatic nitrogens is 2. The van der Waals surface area contributed by atoms with E-state index in [1.54, 1.807) is 11.3 Å². The Bertz CT molecular complexity index is 666. The zero-order valence-electron chi connectivity index (χ0n) is 11.7. The Balaban J connectivity index is 1.94. The third-order valence-electron chi connectivity index (χ3n) is 3.39. The zero-order chi connectivity index (χ0) is 13.9. The van der Waals surface area contributed by atoms with Crippen molar-refractivity contribution in [2.75, 3.05) is 18.0 Å². The molecule has 3 rings (SSSR count). The molecule has 1 aromatic carbocycles. The van der Waals surface area contributed by atoms with Crippen molar-refractivity contribution in [2.45, 2.75) is 13.8 Å². The van der Waals surface area contributed by atoms with Gasteiger partial charge in [-0.05, 0) is 31.4 Å². The minimum Gasteiger partial charge on any atom is -0.341 e. The van der Waals surface area contributed by atoms with Crippen molar-refractivity contribution in [2.24, 2.45) is 0 Å². The lowest BCUT2D eigenvalue weighted by atomic mass is 10.2. The van der Waals surface area contributed by atoms with Crippen LogP contribution in [0.3, 0.4) is 0 Å². The molecule has 0 amide bonds. The molecule has 0 unspecified atom stereocenters. The quantitative estimate of drug-likeness (QED) is 0.718. The highest BCUT2D eigenvalue weighted by molar-refractivity contribution is 7.22. The molecule has 2 heterocycles. The van der Waals surface area contributed by atoms with Gasteiger partial charge in [-0.25, -0.2) is 9.97 Å². The Morgan fingerprint density at radius 1 is 1.05 bits per heavy atom. The molecule has 4 heteroatoms. The van der Waals surface area contributed by atoms with Gasteiger partial charge in [0.05, 0.1) is 0 Å². The average Bonchev–Trinajstić information content (AvgIpc) is 2.93. The van der Waals surface area contributed by atoms with Crippen LogP contribution in [0.15, 0.2) is 42.7 Å². The number of anilines is 1. The first-order chi connectivity index (χ1) is 9.81. The van der Waals surface area contributed by atoms with E-state index in [0.717, 1.165) is 24.6 Å². The molecule has 0 spiro atoms. The second-order valence-electron chi connectivity index (χ2n) is 4.59. The van der Waals surface area contributed by atoms with Crippen molar-refractivity contribution in [3.8, 4) is 10.4 Å². The number of nitrogens with zero attached hydrogens (tertiary/aromatic N) is 3. The van der Waals surface area contributed by atoms with Crippen LogP contribution in [0.4, 0.5) is 5.95 Å². The van der Waals surface area contributed by atoms with E-state index in [4.69, 9.17) is 0 Å². The highest BCUT2D eigenvalue weighted by atomic mass is 32.1. The molecule has 2 aromatic heterocycles. The summed E-state index contributed by atoms with van der Waals surface area (Å²) in [5.41, 5.74) is 1.09. The van der Waals surface area contributed by atoms with Crippen molar-refractivity contribution in [1.82, 2.24) is 9.97 Å². The SMILES string of the molecule is CCN(CC)c1ncc(-c2cc3ccccc3s2)cn1. The van der Waals surface area contributed by atoms with E-state index in [-0.39, 0.29) is 0 Å². The minimum absolute atomic E-state index is 0.805. The van der Waals surface area contributed by atoms with Crippen LogP contribution >= 0.6 is 11.3 Å². The second-order valence-corrected chi connectivity index (χ2v) is 5.68. The maximum atomic E-state index is 4.49. The van der Waals surface area contributed by atoms with E-state index in [2.05, 4.69) is 59.0 Å². The average molecular weight is 283 g/mol. The highest BCUT2D eigenvalue weighted by Gasteiger charge is 2.08. The van der Waals surface area contributed by atoms with Crippen LogP contribution in [0.5, 0.6) is 0 Å². The molecule has 20 heavy (non-hydrogen) atoms. The maximum absolute atomic E-state index is 4.49. The van der Waals surface area contributed by atoms with Crippen molar-refractivity contribution in [3.05, 3.63) is 42.7 Å². The fraction of sp³-hybridized carbons (Fsp3) is 0.250. The van der Waals surface area contributed by atoms with E-state index in [1.807, 2.05) is 12.4 Å². The third-order valence-corrected chi connectivity index (χ3v) is 4.56. The molecule has 3 nitrogen and oxygen atoms in total. The third kappa shape index (κ3) is 2.39. The van der Waals surface area contributed by atoms with Crippen LogP contribution in [0.2, 0.25) is 0 Å². The van der Waals surface area contributed by atoms with E-state index in [1.165, 1.54) is 15.0 Å². The smallest absolute Gasteiger partial charge is 0.225 e. The van der Waals surface area contributed by atoms with E-state index >= 15 is 0 Å². The summed E-state index contributed by atoms with van der Waals surface area (Å²) >= 11 is 1.78. The normalized spacial score (nSPS) is 10.9. The van der Waals surface area contributed by atoms with Crippen molar-refractivity contribution in [1.29, 1.82) is 0 Å². The number of rotatable bonds is 4. The van der Waals surface area contributed by atoms with Gasteiger partial charge in [-0.1, -0.05) is 18.2 Å². The zero-order valence-corrected chi connectivity index (χ0v) is 12.5. The van der Waals surface area contributed by atoms with Crippen LogP contribution < -0.4 is 4.90 Å². The van der Waals surface area contributed by atoms with Gasteiger partial charge in [-0.3, -0.25) is 0 Å². The van der Waals surface area contributed by atoms with Gasteiger partial charge in [0.25, 0.3) is 0 Å². The number of hydrogen-bond acceptors (Lipinski definition) is 4. The van der Waals surface area contributed by atoms with Gasteiger partial charge in [0.1, 0.15) is 0 Å².